The molecule has 1 aromatic heterocycles. The fourth-order valence-corrected chi connectivity index (χ4v) is 3.95. The Kier molecular flexibility index (Phi) is 5.16. The maximum Gasteiger partial charge on any atom is 0.208 e. The quantitative estimate of drug-likeness (QED) is 0.826. The molecule has 4 nitrogen and oxygen atoms in total. The molecule has 0 spiro atoms. The van der Waals surface area contributed by atoms with E-state index in [-0.39, 0.29) is 0 Å². The molecule has 0 N–H and O–H groups in total. The highest BCUT2D eigenvalue weighted by atomic mass is 32.1. The standard InChI is InChI=1S/C18H25N3OS/c1-13(2)17-19-20-18(23-17)21-9-7-14(8-10-21)11-15-5-4-6-16(12-15)22-3/h4-6,12-14H,7-11H2,1-3H3. The van der Waals surface area contributed by atoms with Gasteiger partial charge >= 0.3 is 0 Å². The fraction of sp³-hybridized carbons (Fsp3) is 0.556. The molecule has 0 aliphatic carbocycles. The van der Waals surface area contributed by atoms with Crippen LogP contribution in [-0.4, -0.2) is 30.4 Å². The van der Waals surface area contributed by atoms with E-state index in [1.165, 1.54) is 18.4 Å². The van der Waals surface area contributed by atoms with Crippen molar-refractivity contribution in [1.29, 1.82) is 0 Å². The van der Waals surface area contributed by atoms with Crippen LogP contribution in [0.3, 0.4) is 0 Å². The van der Waals surface area contributed by atoms with Crippen molar-refractivity contribution in [3.63, 3.8) is 0 Å². The zero-order valence-corrected chi connectivity index (χ0v) is 15.0. The van der Waals surface area contributed by atoms with Gasteiger partial charge in [-0.3, -0.25) is 0 Å². The number of hydrogen-bond acceptors (Lipinski definition) is 5. The first-order valence-corrected chi connectivity index (χ1v) is 9.18. The van der Waals surface area contributed by atoms with Crippen molar-refractivity contribution in [2.75, 3.05) is 25.1 Å². The van der Waals surface area contributed by atoms with Crippen molar-refractivity contribution in [2.45, 2.75) is 39.0 Å². The Bertz CT molecular complexity index is 633. The van der Waals surface area contributed by atoms with Crippen molar-refractivity contribution >= 4 is 16.5 Å². The molecule has 2 heterocycles. The summed E-state index contributed by atoms with van der Waals surface area (Å²) in [7, 11) is 1.73. The normalized spacial score (nSPS) is 16.1. The van der Waals surface area contributed by atoms with Crippen molar-refractivity contribution in [1.82, 2.24) is 10.2 Å². The van der Waals surface area contributed by atoms with Gasteiger partial charge in [0.1, 0.15) is 10.8 Å². The van der Waals surface area contributed by atoms with Gasteiger partial charge in [-0.25, -0.2) is 0 Å². The number of benzene rings is 1. The third-order valence-electron chi connectivity index (χ3n) is 4.47. The minimum atomic E-state index is 0.465. The van der Waals surface area contributed by atoms with Crippen LogP contribution in [0.2, 0.25) is 0 Å². The second kappa shape index (κ2) is 7.30. The molecule has 5 heteroatoms. The fourth-order valence-electron chi connectivity index (χ4n) is 3.05. The van der Waals surface area contributed by atoms with E-state index < -0.39 is 0 Å². The van der Waals surface area contributed by atoms with Crippen LogP contribution in [0.5, 0.6) is 5.75 Å². The van der Waals surface area contributed by atoms with Crippen LogP contribution >= 0.6 is 11.3 Å². The molecule has 1 aliphatic heterocycles. The van der Waals surface area contributed by atoms with Gasteiger partial charge in [-0.2, -0.15) is 0 Å². The topological polar surface area (TPSA) is 38.2 Å². The van der Waals surface area contributed by atoms with Crippen LogP contribution in [0.1, 0.15) is 43.2 Å². The molecule has 1 aliphatic rings. The number of aromatic nitrogens is 2. The SMILES string of the molecule is COc1cccc(CC2CCN(c3nnc(C(C)C)s3)CC2)c1. The van der Waals surface area contributed by atoms with Crippen LogP contribution in [0, 0.1) is 5.92 Å². The molecule has 124 valence electrons. The minimum absolute atomic E-state index is 0.465. The molecule has 3 rings (SSSR count). The maximum atomic E-state index is 5.32. The summed E-state index contributed by atoms with van der Waals surface area (Å²) >= 11 is 1.74. The molecule has 1 aromatic carbocycles. The molecule has 0 unspecified atom stereocenters. The summed E-state index contributed by atoms with van der Waals surface area (Å²) in [4.78, 5) is 2.39. The second-order valence-corrected chi connectivity index (χ2v) is 7.55. The lowest BCUT2D eigenvalue weighted by Crippen LogP contribution is -2.34. The van der Waals surface area contributed by atoms with Gasteiger partial charge in [0.2, 0.25) is 5.13 Å². The van der Waals surface area contributed by atoms with Crippen molar-refractivity contribution in [2.24, 2.45) is 5.92 Å². The smallest absolute Gasteiger partial charge is 0.208 e. The highest BCUT2D eigenvalue weighted by Gasteiger charge is 2.22. The van der Waals surface area contributed by atoms with E-state index in [0.29, 0.717) is 5.92 Å². The van der Waals surface area contributed by atoms with Crippen molar-refractivity contribution in [3.05, 3.63) is 34.8 Å². The Morgan fingerprint density at radius 3 is 2.70 bits per heavy atom. The monoisotopic (exact) mass is 331 g/mol. The number of anilines is 1. The summed E-state index contributed by atoms with van der Waals surface area (Å²) < 4.78 is 5.32. The van der Waals surface area contributed by atoms with Gasteiger partial charge in [0.25, 0.3) is 0 Å². The molecule has 0 radical (unpaired) electrons. The van der Waals surface area contributed by atoms with E-state index in [4.69, 9.17) is 4.74 Å². The van der Waals surface area contributed by atoms with Crippen LogP contribution in [0.4, 0.5) is 5.13 Å². The average Bonchev–Trinajstić information content (AvgIpc) is 3.06. The zero-order valence-electron chi connectivity index (χ0n) is 14.2. The van der Waals surface area contributed by atoms with E-state index in [1.54, 1.807) is 18.4 Å². The molecular weight excluding hydrogens is 306 g/mol. The first-order valence-electron chi connectivity index (χ1n) is 8.37. The van der Waals surface area contributed by atoms with Gasteiger partial charge in [-0.1, -0.05) is 37.3 Å². The van der Waals surface area contributed by atoms with Gasteiger partial charge in [-0.15, -0.1) is 10.2 Å². The Labute approximate surface area is 142 Å². The van der Waals surface area contributed by atoms with Crippen LogP contribution in [0.25, 0.3) is 0 Å². The van der Waals surface area contributed by atoms with Gasteiger partial charge in [-0.05, 0) is 42.9 Å². The molecule has 0 amide bonds. The Balaban J connectivity index is 1.55. The summed E-state index contributed by atoms with van der Waals surface area (Å²) in [6.45, 7) is 6.51. The van der Waals surface area contributed by atoms with Gasteiger partial charge in [0.15, 0.2) is 0 Å². The van der Waals surface area contributed by atoms with Gasteiger partial charge < -0.3 is 9.64 Å². The number of ether oxygens (including phenoxy) is 1. The van der Waals surface area contributed by atoms with E-state index in [9.17, 15) is 0 Å². The molecule has 2 aromatic rings. The Morgan fingerprint density at radius 1 is 1.26 bits per heavy atom. The van der Waals surface area contributed by atoms with E-state index in [0.717, 1.165) is 41.3 Å². The first-order chi connectivity index (χ1) is 11.2. The van der Waals surface area contributed by atoms with Crippen LogP contribution in [-0.2, 0) is 6.42 Å². The maximum absolute atomic E-state index is 5.32. The van der Waals surface area contributed by atoms with E-state index in [2.05, 4.69) is 47.1 Å². The summed E-state index contributed by atoms with van der Waals surface area (Å²) in [5.74, 6) is 2.16. The number of nitrogens with zero attached hydrogens (tertiary/aromatic N) is 3. The van der Waals surface area contributed by atoms with Crippen LogP contribution < -0.4 is 9.64 Å². The predicted octanol–water partition coefficient (Wildman–Crippen LogP) is 4.13. The highest BCUT2D eigenvalue weighted by Crippen LogP contribution is 2.30. The molecule has 23 heavy (non-hydrogen) atoms. The summed E-state index contributed by atoms with van der Waals surface area (Å²) in [5, 5.41) is 10.9. The summed E-state index contributed by atoms with van der Waals surface area (Å²) in [5.41, 5.74) is 1.38. The molecule has 1 saturated heterocycles. The molecule has 0 bridgehead atoms. The van der Waals surface area contributed by atoms with Gasteiger partial charge in [0.05, 0.1) is 7.11 Å². The highest BCUT2D eigenvalue weighted by molar-refractivity contribution is 7.15. The van der Waals surface area contributed by atoms with Gasteiger partial charge in [0, 0.05) is 19.0 Å². The Hall–Kier alpha value is -1.62. The number of rotatable bonds is 5. The van der Waals surface area contributed by atoms with E-state index >= 15 is 0 Å². The van der Waals surface area contributed by atoms with Crippen LogP contribution in [0.15, 0.2) is 24.3 Å². The number of hydrogen-bond donors (Lipinski definition) is 0. The lowest BCUT2D eigenvalue weighted by atomic mass is 9.90. The zero-order chi connectivity index (χ0) is 16.2. The number of methoxy groups -OCH3 is 1. The minimum Gasteiger partial charge on any atom is -0.497 e. The summed E-state index contributed by atoms with van der Waals surface area (Å²) in [6, 6.07) is 8.45. The summed E-state index contributed by atoms with van der Waals surface area (Å²) in [6.07, 6.45) is 3.57. The average molecular weight is 331 g/mol. The third-order valence-corrected chi connectivity index (χ3v) is 5.75. The molecule has 0 atom stereocenters. The molecular formula is C18H25N3OS. The molecule has 0 saturated carbocycles. The largest absolute Gasteiger partial charge is 0.497 e. The van der Waals surface area contributed by atoms with Crippen molar-refractivity contribution in [3.8, 4) is 5.75 Å². The number of piperidine rings is 1. The lowest BCUT2D eigenvalue weighted by molar-refractivity contribution is 0.398. The van der Waals surface area contributed by atoms with E-state index in [1.807, 2.05) is 6.07 Å². The lowest BCUT2D eigenvalue weighted by Gasteiger charge is -2.31. The third kappa shape index (κ3) is 4.02. The van der Waals surface area contributed by atoms with Crippen molar-refractivity contribution < 1.29 is 4.74 Å². The predicted molar refractivity (Wildman–Crippen MR) is 95.6 cm³/mol. The second-order valence-electron chi connectivity index (χ2n) is 6.56. The molecule has 1 fully saturated rings. The first kappa shape index (κ1) is 16.2. The Morgan fingerprint density at radius 2 is 2.04 bits per heavy atom.